The van der Waals surface area contributed by atoms with Gasteiger partial charge in [-0.15, -0.1) is 0 Å². The van der Waals surface area contributed by atoms with Crippen LogP contribution in [0.3, 0.4) is 0 Å². The smallest absolute Gasteiger partial charge is 0.329 e. The molecular formula is C17H20N2O6S2. The number of hydrogen-bond acceptors (Lipinski definition) is 6. The fraction of sp³-hybridized carbons (Fsp3) is 0.471. The van der Waals surface area contributed by atoms with Crippen LogP contribution in [0.5, 0.6) is 0 Å². The Morgan fingerprint density at radius 1 is 1.22 bits per heavy atom. The summed E-state index contributed by atoms with van der Waals surface area (Å²) in [6.07, 6.45) is 0. The summed E-state index contributed by atoms with van der Waals surface area (Å²) in [5.41, 5.74) is 2.84. The number of carbonyl (C=O) groups excluding carboxylic acids is 1. The summed E-state index contributed by atoms with van der Waals surface area (Å²) < 4.78 is 28.9. The number of nitrogens with zero attached hydrogens (tertiary/aromatic N) is 2. The minimum Gasteiger partial charge on any atom is -0.480 e. The van der Waals surface area contributed by atoms with Crippen LogP contribution in [0.15, 0.2) is 23.2 Å². The third kappa shape index (κ3) is 4.69. The molecule has 1 N–H and O–H groups in total. The van der Waals surface area contributed by atoms with Crippen molar-refractivity contribution in [3.05, 3.63) is 29.3 Å². The van der Waals surface area contributed by atoms with E-state index in [1.165, 1.54) is 11.8 Å². The van der Waals surface area contributed by atoms with Crippen molar-refractivity contribution in [2.75, 3.05) is 29.6 Å². The van der Waals surface area contributed by atoms with Gasteiger partial charge in [0, 0.05) is 10.9 Å². The maximum atomic E-state index is 12.1. The van der Waals surface area contributed by atoms with Gasteiger partial charge < -0.3 is 14.7 Å². The second-order valence-electron chi connectivity index (χ2n) is 6.69. The molecule has 2 fully saturated rings. The molecule has 2 aliphatic heterocycles. The zero-order valence-corrected chi connectivity index (χ0v) is 16.5. The van der Waals surface area contributed by atoms with Gasteiger partial charge in [0.25, 0.3) is 5.91 Å². The average Bonchev–Trinajstić information content (AvgIpc) is 2.96. The molecule has 3 rings (SSSR count). The zero-order valence-electron chi connectivity index (χ0n) is 14.9. The van der Waals surface area contributed by atoms with Crippen LogP contribution in [0.25, 0.3) is 0 Å². The molecule has 2 atom stereocenters. The molecule has 0 aromatic heterocycles. The molecule has 27 heavy (non-hydrogen) atoms. The van der Waals surface area contributed by atoms with Crippen molar-refractivity contribution in [3.63, 3.8) is 0 Å². The fourth-order valence-corrected chi connectivity index (χ4v) is 7.25. The van der Waals surface area contributed by atoms with Crippen LogP contribution in [-0.4, -0.2) is 66.6 Å². The van der Waals surface area contributed by atoms with E-state index < -0.39 is 34.9 Å². The van der Waals surface area contributed by atoms with Gasteiger partial charge >= 0.3 is 5.97 Å². The second kappa shape index (κ2) is 7.61. The molecule has 8 nitrogen and oxygen atoms in total. The Morgan fingerprint density at radius 2 is 1.89 bits per heavy atom. The minimum absolute atomic E-state index is 0.0143. The van der Waals surface area contributed by atoms with E-state index >= 15 is 0 Å². The summed E-state index contributed by atoms with van der Waals surface area (Å²) in [5.74, 6) is -1.70. The van der Waals surface area contributed by atoms with Gasteiger partial charge in [0.2, 0.25) is 0 Å². The van der Waals surface area contributed by atoms with Crippen molar-refractivity contribution in [1.82, 2.24) is 0 Å². The molecule has 146 valence electrons. The number of carbonyl (C=O) groups is 2. The minimum atomic E-state index is -3.13. The molecule has 2 heterocycles. The molecule has 2 aliphatic rings. The van der Waals surface area contributed by atoms with E-state index in [0.717, 1.165) is 16.8 Å². The molecule has 0 saturated carbocycles. The van der Waals surface area contributed by atoms with Gasteiger partial charge in [-0.05, 0) is 37.1 Å². The molecule has 0 aliphatic carbocycles. The van der Waals surface area contributed by atoms with Gasteiger partial charge in [-0.2, -0.15) is 4.99 Å². The monoisotopic (exact) mass is 412 g/mol. The number of carboxylic acid groups (broad SMARTS) is 1. The molecule has 10 heteroatoms. The van der Waals surface area contributed by atoms with Crippen LogP contribution in [0.2, 0.25) is 0 Å². The fourth-order valence-electron chi connectivity index (χ4n) is 3.32. The summed E-state index contributed by atoms with van der Waals surface area (Å²) in [5, 5.41) is 8.80. The Kier molecular flexibility index (Phi) is 5.59. The lowest BCUT2D eigenvalue weighted by molar-refractivity contribution is -0.143. The molecule has 1 amide bonds. The molecule has 0 radical (unpaired) electrons. The van der Waals surface area contributed by atoms with Crippen molar-refractivity contribution < 1.29 is 27.9 Å². The Hall–Kier alpha value is -1.91. The predicted molar refractivity (Wildman–Crippen MR) is 103 cm³/mol. The van der Waals surface area contributed by atoms with Gasteiger partial charge in [0.15, 0.2) is 15.0 Å². The topological polar surface area (TPSA) is 113 Å². The highest BCUT2D eigenvalue weighted by molar-refractivity contribution is 8.16. The van der Waals surface area contributed by atoms with Crippen molar-refractivity contribution in [2.24, 2.45) is 4.99 Å². The third-order valence-corrected chi connectivity index (χ3v) is 7.43. The molecule has 1 aromatic rings. The number of rotatable bonds is 5. The van der Waals surface area contributed by atoms with Crippen LogP contribution in [0, 0.1) is 13.8 Å². The van der Waals surface area contributed by atoms with Crippen LogP contribution in [0.4, 0.5) is 5.69 Å². The first-order valence-corrected chi connectivity index (χ1v) is 11.0. The first-order valence-electron chi connectivity index (χ1n) is 8.30. The summed E-state index contributed by atoms with van der Waals surface area (Å²) in [6.45, 7) is 2.88. The van der Waals surface area contributed by atoms with Crippen molar-refractivity contribution >= 4 is 44.3 Å². The number of amides is 1. The molecule has 0 bridgehead atoms. The standard InChI is InChI=1S/C17H20N2O6S2/c1-10-3-11(2)5-12(4-10)19-13-8-27(23,24)9-14(13)26-17(19)18-15(20)6-25-7-16(21)22/h3-5,13-14H,6-9H2,1-2H3,(H,21,22)/t13-,14+/m1/s1. The van der Waals surface area contributed by atoms with E-state index in [1.807, 2.05) is 36.9 Å². The summed E-state index contributed by atoms with van der Waals surface area (Å²) >= 11 is 1.27. The van der Waals surface area contributed by atoms with Gasteiger partial charge in [0.05, 0.1) is 17.5 Å². The number of benzene rings is 1. The van der Waals surface area contributed by atoms with E-state index in [-0.39, 0.29) is 22.8 Å². The first-order chi connectivity index (χ1) is 12.6. The summed E-state index contributed by atoms with van der Waals surface area (Å²) in [7, 11) is -3.13. The van der Waals surface area contributed by atoms with Gasteiger partial charge in [-0.25, -0.2) is 13.2 Å². The number of aryl methyl sites for hydroxylation is 2. The van der Waals surface area contributed by atoms with E-state index in [0.29, 0.717) is 5.17 Å². The number of fused-ring (bicyclic) bond motifs is 1. The van der Waals surface area contributed by atoms with Crippen molar-refractivity contribution in [2.45, 2.75) is 25.1 Å². The lowest BCUT2D eigenvalue weighted by Gasteiger charge is -2.25. The van der Waals surface area contributed by atoms with Crippen LogP contribution < -0.4 is 4.90 Å². The van der Waals surface area contributed by atoms with Crippen LogP contribution in [-0.2, 0) is 24.2 Å². The Balaban J connectivity index is 1.89. The van der Waals surface area contributed by atoms with E-state index in [1.54, 1.807) is 0 Å². The van der Waals surface area contributed by atoms with Gasteiger partial charge in [-0.1, -0.05) is 17.8 Å². The number of anilines is 1. The van der Waals surface area contributed by atoms with Crippen LogP contribution in [0.1, 0.15) is 11.1 Å². The zero-order chi connectivity index (χ0) is 19.8. The number of carboxylic acids is 1. The number of aliphatic carboxylic acids is 1. The highest BCUT2D eigenvalue weighted by atomic mass is 32.2. The summed E-state index contributed by atoms with van der Waals surface area (Å²) in [4.78, 5) is 28.4. The quantitative estimate of drug-likeness (QED) is 0.762. The molecular weight excluding hydrogens is 392 g/mol. The van der Waals surface area contributed by atoms with E-state index in [4.69, 9.17) is 9.84 Å². The molecule has 0 unspecified atom stereocenters. The van der Waals surface area contributed by atoms with E-state index in [9.17, 15) is 18.0 Å². The summed E-state index contributed by atoms with van der Waals surface area (Å²) in [6, 6.07) is 5.59. The highest BCUT2D eigenvalue weighted by Gasteiger charge is 2.49. The Labute approximate surface area is 161 Å². The predicted octanol–water partition coefficient (Wildman–Crippen LogP) is 1.01. The van der Waals surface area contributed by atoms with Crippen molar-refractivity contribution in [1.29, 1.82) is 0 Å². The second-order valence-corrected chi connectivity index (χ2v) is 10.1. The van der Waals surface area contributed by atoms with Gasteiger partial charge in [0.1, 0.15) is 13.2 Å². The van der Waals surface area contributed by atoms with E-state index in [2.05, 4.69) is 4.99 Å². The maximum Gasteiger partial charge on any atom is 0.329 e. The number of thioether (sulfide) groups is 1. The largest absolute Gasteiger partial charge is 0.480 e. The van der Waals surface area contributed by atoms with Crippen LogP contribution >= 0.6 is 11.8 Å². The molecule has 2 saturated heterocycles. The first kappa shape index (κ1) is 19.8. The Morgan fingerprint density at radius 3 is 2.52 bits per heavy atom. The lowest BCUT2D eigenvalue weighted by atomic mass is 10.1. The normalized spacial score (nSPS) is 25.0. The number of aliphatic imine (C=N–C) groups is 1. The lowest BCUT2D eigenvalue weighted by Crippen LogP contribution is -2.38. The highest BCUT2D eigenvalue weighted by Crippen LogP contribution is 2.41. The number of ether oxygens (including phenoxy) is 1. The Bertz CT molecular complexity index is 892. The molecule has 0 spiro atoms. The number of sulfone groups is 1. The third-order valence-electron chi connectivity index (χ3n) is 4.22. The van der Waals surface area contributed by atoms with Crippen molar-refractivity contribution in [3.8, 4) is 0 Å². The average molecular weight is 412 g/mol. The van der Waals surface area contributed by atoms with Gasteiger partial charge in [-0.3, -0.25) is 4.79 Å². The SMILES string of the molecule is Cc1cc(C)cc(N2C(=NC(=O)COCC(=O)O)S[C@H]3CS(=O)(=O)C[C@H]32)c1. The maximum absolute atomic E-state index is 12.1. The number of amidine groups is 1. The molecule has 1 aromatic carbocycles. The number of hydrogen-bond donors (Lipinski definition) is 1.